The molecule has 1 atom stereocenters. The van der Waals surface area contributed by atoms with Gasteiger partial charge >= 0.3 is 0 Å². The van der Waals surface area contributed by atoms with Crippen LogP contribution in [0.15, 0.2) is 47.2 Å². The maximum absolute atomic E-state index is 12.2. The number of aromatic nitrogens is 3. The standard InChI is InChI=1S/C18H20N4O4/c1-12(25-15-6-4-14(24-3)5-7-15)9-19-18(23)16-8-17(26-21-16)13-10-20-22(2)11-13/h4-8,10-12H,9H2,1-3H3,(H,19,23). The van der Waals surface area contributed by atoms with Crippen molar-refractivity contribution >= 4 is 5.91 Å². The molecule has 2 aromatic heterocycles. The first-order valence-electron chi connectivity index (χ1n) is 8.10. The largest absolute Gasteiger partial charge is 0.497 e. The quantitative estimate of drug-likeness (QED) is 0.698. The van der Waals surface area contributed by atoms with Gasteiger partial charge in [0.25, 0.3) is 5.91 Å². The number of carbonyl (C=O) groups is 1. The molecule has 0 saturated carbocycles. The van der Waals surface area contributed by atoms with Crippen LogP contribution in [-0.2, 0) is 7.05 Å². The van der Waals surface area contributed by atoms with Gasteiger partial charge in [0, 0.05) is 19.3 Å². The molecule has 2 heterocycles. The number of benzene rings is 1. The fraction of sp³-hybridized carbons (Fsp3) is 0.278. The van der Waals surface area contributed by atoms with Crippen LogP contribution in [-0.4, -0.2) is 40.6 Å². The van der Waals surface area contributed by atoms with Crippen LogP contribution >= 0.6 is 0 Å². The van der Waals surface area contributed by atoms with E-state index in [1.807, 2.05) is 31.2 Å². The van der Waals surface area contributed by atoms with Crippen LogP contribution < -0.4 is 14.8 Å². The summed E-state index contributed by atoms with van der Waals surface area (Å²) in [6.07, 6.45) is 3.22. The second-order valence-electron chi connectivity index (χ2n) is 5.79. The van der Waals surface area contributed by atoms with Crippen LogP contribution in [0.2, 0.25) is 0 Å². The lowest BCUT2D eigenvalue weighted by Crippen LogP contribution is -2.33. The Balaban J connectivity index is 1.52. The number of nitrogens with one attached hydrogen (secondary N) is 1. The number of carbonyl (C=O) groups excluding carboxylic acids is 1. The van der Waals surface area contributed by atoms with E-state index in [2.05, 4.69) is 15.6 Å². The van der Waals surface area contributed by atoms with Crippen molar-refractivity contribution in [1.29, 1.82) is 0 Å². The molecule has 26 heavy (non-hydrogen) atoms. The molecule has 0 aliphatic rings. The van der Waals surface area contributed by atoms with Crippen LogP contribution in [0.4, 0.5) is 0 Å². The highest BCUT2D eigenvalue weighted by Crippen LogP contribution is 2.20. The molecule has 3 rings (SSSR count). The summed E-state index contributed by atoms with van der Waals surface area (Å²) in [4.78, 5) is 12.2. The molecule has 3 aromatic rings. The van der Waals surface area contributed by atoms with Crippen LogP contribution in [0, 0.1) is 0 Å². The first-order chi connectivity index (χ1) is 12.5. The zero-order chi connectivity index (χ0) is 18.5. The lowest BCUT2D eigenvalue weighted by atomic mass is 10.2. The van der Waals surface area contributed by atoms with E-state index < -0.39 is 0 Å². The topological polar surface area (TPSA) is 91.4 Å². The number of hydrogen-bond acceptors (Lipinski definition) is 6. The second kappa shape index (κ2) is 7.73. The van der Waals surface area contributed by atoms with Crippen LogP contribution in [0.25, 0.3) is 11.3 Å². The van der Waals surface area contributed by atoms with E-state index in [1.165, 1.54) is 0 Å². The van der Waals surface area contributed by atoms with Crippen LogP contribution in [0.3, 0.4) is 0 Å². The Morgan fingerprint density at radius 3 is 2.69 bits per heavy atom. The first kappa shape index (κ1) is 17.5. The van der Waals surface area contributed by atoms with Crippen molar-refractivity contribution in [3.8, 4) is 22.8 Å². The highest BCUT2D eigenvalue weighted by atomic mass is 16.5. The molecule has 1 unspecified atom stereocenters. The molecule has 0 bridgehead atoms. The first-order valence-corrected chi connectivity index (χ1v) is 8.10. The fourth-order valence-electron chi connectivity index (χ4n) is 2.32. The van der Waals surface area contributed by atoms with E-state index in [-0.39, 0.29) is 17.7 Å². The van der Waals surface area contributed by atoms with Gasteiger partial charge in [0.1, 0.15) is 17.6 Å². The predicted molar refractivity (Wildman–Crippen MR) is 94.1 cm³/mol. The molecule has 0 spiro atoms. The predicted octanol–water partition coefficient (Wildman–Crippen LogP) is 2.28. The number of hydrogen-bond donors (Lipinski definition) is 1. The number of rotatable bonds is 7. The van der Waals surface area contributed by atoms with Gasteiger partial charge in [0.2, 0.25) is 0 Å². The molecule has 136 valence electrons. The van der Waals surface area contributed by atoms with Crippen molar-refractivity contribution < 1.29 is 18.8 Å². The summed E-state index contributed by atoms with van der Waals surface area (Å²) < 4.78 is 17.7. The number of ether oxygens (including phenoxy) is 2. The van der Waals surface area contributed by atoms with Gasteiger partial charge in [0.05, 0.1) is 25.4 Å². The Morgan fingerprint density at radius 2 is 2.04 bits per heavy atom. The number of nitrogens with zero attached hydrogens (tertiary/aromatic N) is 3. The summed E-state index contributed by atoms with van der Waals surface area (Å²) in [5.74, 6) is 1.63. The molecule has 8 heteroatoms. The third kappa shape index (κ3) is 4.21. The molecule has 0 aliphatic carbocycles. The molecule has 0 saturated heterocycles. The van der Waals surface area contributed by atoms with Crippen molar-refractivity contribution in [1.82, 2.24) is 20.3 Å². The van der Waals surface area contributed by atoms with Crippen molar-refractivity contribution in [2.24, 2.45) is 7.05 Å². The minimum atomic E-state index is -0.325. The number of amides is 1. The zero-order valence-electron chi connectivity index (χ0n) is 14.8. The van der Waals surface area contributed by atoms with Crippen molar-refractivity contribution in [3.05, 3.63) is 48.4 Å². The van der Waals surface area contributed by atoms with Gasteiger partial charge < -0.3 is 19.3 Å². The molecule has 0 aliphatic heterocycles. The number of aryl methyl sites for hydroxylation is 1. The molecule has 1 N–H and O–H groups in total. The average Bonchev–Trinajstić information content (AvgIpc) is 3.29. The van der Waals surface area contributed by atoms with Gasteiger partial charge in [-0.25, -0.2) is 0 Å². The maximum Gasteiger partial charge on any atom is 0.273 e. The Labute approximate surface area is 150 Å². The molecule has 1 aromatic carbocycles. The summed E-state index contributed by atoms with van der Waals surface area (Å²) in [6.45, 7) is 2.20. The Kier molecular flexibility index (Phi) is 5.21. The smallest absolute Gasteiger partial charge is 0.273 e. The molecule has 0 fully saturated rings. The average molecular weight is 356 g/mol. The second-order valence-corrected chi connectivity index (χ2v) is 5.79. The van der Waals surface area contributed by atoms with E-state index in [1.54, 1.807) is 37.3 Å². The number of methoxy groups -OCH3 is 1. The highest BCUT2D eigenvalue weighted by Gasteiger charge is 2.15. The minimum Gasteiger partial charge on any atom is -0.497 e. The minimum absolute atomic E-state index is 0.209. The third-order valence-corrected chi connectivity index (χ3v) is 3.68. The van der Waals surface area contributed by atoms with Crippen molar-refractivity contribution in [3.63, 3.8) is 0 Å². The van der Waals surface area contributed by atoms with E-state index in [9.17, 15) is 4.79 Å². The van der Waals surface area contributed by atoms with Gasteiger partial charge in [-0.2, -0.15) is 5.10 Å². The summed E-state index contributed by atoms with van der Waals surface area (Å²) >= 11 is 0. The Bertz CT molecular complexity index is 869. The van der Waals surface area contributed by atoms with E-state index in [4.69, 9.17) is 14.0 Å². The van der Waals surface area contributed by atoms with Gasteiger partial charge in [-0.15, -0.1) is 0 Å². The Hall–Kier alpha value is -3.29. The third-order valence-electron chi connectivity index (χ3n) is 3.68. The van der Waals surface area contributed by atoms with Gasteiger partial charge in [-0.3, -0.25) is 9.48 Å². The maximum atomic E-state index is 12.2. The monoisotopic (exact) mass is 356 g/mol. The highest BCUT2D eigenvalue weighted by molar-refractivity contribution is 5.93. The molecule has 0 radical (unpaired) electrons. The van der Waals surface area contributed by atoms with E-state index >= 15 is 0 Å². The molecule has 8 nitrogen and oxygen atoms in total. The summed E-state index contributed by atoms with van der Waals surface area (Å²) in [5, 5.41) is 10.6. The molecular formula is C18H20N4O4. The van der Waals surface area contributed by atoms with Crippen LogP contribution in [0.1, 0.15) is 17.4 Å². The van der Waals surface area contributed by atoms with E-state index in [0.717, 1.165) is 11.3 Å². The van der Waals surface area contributed by atoms with Gasteiger partial charge in [-0.1, -0.05) is 5.16 Å². The van der Waals surface area contributed by atoms with Gasteiger partial charge in [-0.05, 0) is 31.2 Å². The Morgan fingerprint density at radius 1 is 1.31 bits per heavy atom. The SMILES string of the molecule is COc1ccc(OC(C)CNC(=O)c2cc(-c3cnn(C)c3)on2)cc1. The summed E-state index contributed by atoms with van der Waals surface area (Å²) in [7, 11) is 3.41. The van der Waals surface area contributed by atoms with Crippen molar-refractivity contribution in [2.45, 2.75) is 13.0 Å². The molecular weight excluding hydrogens is 336 g/mol. The summed E-state index contributed by atoms with van der Waals surface area (Å²) in [5.41, 5.74) is 0.968. The normalized spacial score (nSPS) is 11.8. The zero-order valence-corrected chi connectivity index (χ0v) is 14.8. The fourth-order valence-corrected chi connectivity index (χ4v) is 2.32. The lowest BCUT2D eigenvalue weighted by Gasteiger charge is -2.15. The van der Waals surface area contributed by atoms with Crippen molar-refractivity contribution in [2.75, 3.05) is 13.7 Å². The summed E-state index contributed by atoms with van der Waals surface area (Å²) in [6, 6.07) is 8.84. The van der Waals surface area contributed by atoms with Gasteiger partial charge in [0.15, 0.2) is 11.5 Å². The van der Waals surface area contributed by atoms with Crippen LogP contribution in [0.5, 0.6) is 11.5 Å². The molecule has 1 amide bonds. The van der Waals surface area contributed by atoms with E-state index in [0.29, 0.717) is 18.1 Å². The lowest BCUT2D eigenvalue weighted by molar-refractivity contribution is 0.0923.